The first-order chi connectivity index (χ1) is 6.91. The number of carbonyl (C=O) groups is 2. The second-order valence-corrected chi connectivity index (χ2v) is 5.05. The standard InChI is InChI=1S/C9H6I2O4/c1-4(12)15-8-6(9(13)14)2-5(10)3-7(8)11/h2-3H,1H3,(H,13,14)/p-1. The molecule has 0 aliphatic heterocycles. The van der Waals surface area contributed by atoms with Crippen LogP contribution in [-0.4, -0.2) is 11.9 Å². The Balaban J connectivity index is 3.33. The maximum Gasteiger partial charge on any atom is 0.308 e. The zero-order chi connectivity index (χ0) is 11.6. The largest absolute Gasteiger partial charge is 0.545 e. The Morgan fingerprint density at radius 3 is 2.40 bits per heavy atom. The van der Waals surface area contributed by atoms with E-state index in [9.17, 15) is 14.7 Å². The molecule has 0 saturated heterocycles. The van der Waals surface area contributed by atoms with Crippen molar-refractivity contribution in [3.63, 3.8) is 0 Å². The number of ether oxygens (including phenoxy) is 1. The van der Waals surface area contributed by atoms with E-state index in [1.165, 1.54) is 13.0 Å². The molecule has 0 bridgehead atoms. The molecule has 1 aromatic rings. The highest BCUT2D eigenvalue weighted by atomic mass is 127. The van der Waals surface area contributed by atoms with Gasteiger partial charge in [-0.1, -0.05) is 0 Å². The number of rotatable bonds is 2. The Kier molecular flexibility index (Phi) is 4.32. The Hall–Kier alpha value is -0.380. The predicted molar refractivity (Wildman–Crippen MR) is 67.5 cm³/mol. The van der Waals surface area contributed by atoms with Gasteiger partial charge < -0.3 is 14.6 Å². The molecule has 0 amide bonds. The lowest BCUT2D eigenvalue weighted by Gasteiger charge is -2.12. The van der Waals surface area contributed by atoms with Crippen molar-refractivity contribution in [1.82, 2.24) is 0 Å². The minimum atomic E-state index is -1.36. The number of carbonyl (C=O) groups excluding carboxylic acids is 2. The van der Waals surface area contributed by atoms with E-state index in [-0.39, 0.29) is 11.3 Å². The van der Waals surface area contributed by atoms with Crippen LogP contribution in [0.5, 0.6) is 5.75 Å². The molecule has 0 aliphatic rings. The summed E-state index contributed by atoms with van der Waals surface area (Å²) in [5, 5.41) is 10.8. The highest BCUT2D eigenvalue weighted by molar-refractivity contribution is 14.1. The molecule has 0 spiro atoms. The van der Waals surface area contributed by atoms with E-state index in [4.69, 9.17) is 4.74 Å². The smallest absolute Gasteiger partial charge is 0.308 e. The van der Waals surface area contributed by atoms with E-state index in [1.807, 2.05) is 45.2 Å². The molecule has 0 unspecified atom stereocenters. The van der Waals surface area contributed by atoms with Crippen LogP contribution in [0.1, 0.15) is 17.3 Å². The molecule has 0 radical (unpaired) electrons. The normalized spacial score (nSPS) is 9.80. The van der Waals surface area contributed by atoms with Crippen LogP contribution in [0.15, 0.2) is 12.1 Å². The van der Waals surface area contributed by atoms with Gasteiger partial charge in [0.05, 0.1) is 9.54 Å². The van der Waals surface area contributed by atoms with Crippen LogP contribution in [0, 0.1) is 7.14 Å². The molecule has 0 heterocycles. The third-order valence-electron chi connectivity index (χ3n) is 1.47. The minimum absolute atomic E-state index is 0.0449. The Morgan fingerprint density at radius 1 is 1.33 bits per heavy atom. The zero-order valence-electron chi connectivity index (χ0n) is 7.54. The maximum atomic E-state index is 10.8. The molecular weight excluding hydrogens is 426 g/mol. The molecule has 0 fully saturated rings. The topological polar surface area (TPSA) is 66.4 Å². The molecule has 1 rings (SSSR count). The number of hydrogen-bond donors (Lipinski definition) is 0. The molecular formula is C9H5I2O4-. The van der Waals surface area contributed by atoms with Gasteiger partial charge >= 0.3 is 5.97 Å². The summed E-state index contributed by atoms with van der Waals surface area (Å²) in [5.41, 5.74) is -0.110. The number of benzene rings is 1. The molecule has 0 N–H and O–H groups in total. The third-order valence-corrected chi connectivity index (χ3v) is 2.90. The summed E-state index contributed by atoms with van der Waals surface area (Å²) in [4.78, 5) is 21.6. The van der Waals surface area contributed by atoms with E-state index < -0.39 is 11.9 Å². The zero-order valence-corrected chi connectivity index (χ0v) is 11.9. The van der Waals surface area contributed by atoms with Crippen molar-refractivity contribution in [3.8, 4) is 5.75 Å². The lowest BCUT2D eigenvalue weighted by molar-refractivity contribution is -0.255. The number of carboxylic acid groups (broad SMARTS) is 1. The van der Waals surface area contributed by atoms with Gasteiger partial charge in [0, 0.05) is 16.1 Å². The summed E-state index contributed by atoms with van der Waals surface area (Å²) in [6, 6.07) is 3.11. The number of aromatic carboxylic acids is 1. The van der Waals surface area contributed by atoms with E-state index in [2.05, 4.69) is 0 Å². The van der Waals surface area contributed by atoms with Crippen molar-refractivity contribution in [3.05, 3.63) is 24.8 Å². The Morgan fingerprint density at radius 2 is 1.93 bits per heavy atom. The average molecular weight is 431 g/mol. The Bertz CT molecular complexity index is 428. The lowest BCUT2D eigenvalue weighted by atomic mass is 10.2. The fourth-order valence-corrected chi connectivity index (χ4v) is 2.91. The Labute approximate surface area is 113 Å². The average Bonchev–Trinajstić information content (AvgIpc) is 2.08. The van der Waals surface area contributed by atoms with Crippen molar-refractivity contribution >= 4 is 57.1 Å². The molecule has 80 valence electrons. The van der Waals surface area contributed by atoms with E-state index in [0.717, 1.165) is 3.57 Å². The molecule has 6 heteroatoms. The van der Waals surface area contributed by atoms with Crippen LogP contribution in [0.4, 0.5) is 0 Å². The lowest BCUT2D eigenvalue weighted by Crippen LogP contribution is -2.24. The second kappa shape index (κ2) is 5.10. The monoisotopic (exact) mass is 431 g/mol. The van der Waals surface area contributed by atoms with Crippen molar-refractivity contribution < 1.29 is 19.4 Å². The van der Waals surface area contributed by atoms with Crippen LogP contribution >= 0.6 is 45.2 Å². The highest BCUT2D eigenvalue weighted by Gasteiger charge is 2.12. The van der Waals surface area contributed by atoms with Gasteiger partial charge in [0.25, 0.3) is 0 Å². The van der Waals surface area contributed by atoms with Crippen molar-refractivity contribution in [2.75, 3.05) is 0 Å². The summed E-state index contributed by atoms with van der Waals surface area (Å²) in [5.74, 6) is -1.87. The highest BCUT2D eigenvalue weighted by Crippen LogP contribution is 2.28. The summed E-state index contributed by atoms with van der Waals surface area (Å²) < 4.78 is 6.13. The molecule has 0 aliphatic carbocycles. The minimum Gasteiger partial charge on any atom is -0.545 e. The van der Waals surface area contributed by atoms with Crippen molar-refractivity contribution in [2.24, 2.45) is 0 Å². The summed E-state index contributed by atoms with van der Waals surface area (Å²) in [6.45, 7) is 1.22. The van der Waals surface area contributed by atoms with Crippen molar-refractivity contribution in [2.45, 2.75) is 6.92 Å². The SMILES string of the molecule is CC(=O)Oc1c(I)cc(I)cc1C(=O)[O-]. The predicted octanol–water partition coefficient (Wildman–Crippen LogP) is 1.18. The van der Waals surface area contributed by atoms with Crippen LogP contribution in [0.2, 0.25) is 0 Å². The van der Waals surface area contributed by atoms with Crippen LogP contribution in [0.25, 0.3) is 0 Å². The first kappa shape index (κ1) is 12.7. The fourth-order valence-electron chi connectivity index (χ4n) is 0.959. The number of hydrogen-bond acceptors (Lipinski definition) is 4. The quantitative estimate of drug-likeness (QED) is 0.401. The van der Waals surface area contributed by atoms with Crippen LogP contribution in [0.3, 0.4) is 0 Å². The number of halogens is 2. The summed E-state index contributed by atoms with van der Waals surface area (Å²) >= 11 is 3.88. The molecule has 4 nitrogen and oxygen atoms in total. The molecule has 15 heavy (non-hydrogen) atoms. The summed E-state index contributed by atoms with van der Waals surface area (Å²) in [7, 11) is 0. The number of carboxylic acids is 1. The maximum absolute atomic E-state index is 10.8. The molecule has 0 atom stereocenters. The van der Waals surface area contributed by atoms with Crippen molar-refractivity contribution in [1.29, 1.82) is 0 Å². The summed E-state index contributed by atoms with van der Waals surface area (Å²) in [6.07, 6.45) is 0. The van der Waals surface area contributed by atoms with Gasteiger partial charge in [0.1, 0.15) is 0 Å². The number of esters is 1. The second-order valence-electron chi connectivity index (χ2n) is 2.65. The molecule has 1 aromatic carbocycles. The third kappa shape index (κ3) is 3.30. The first-order valence-electron chi connectivity index (χ1n) is 3.80. The van der Waals surface area contributed by atoms with Gasteiger partial charge in [-0.15, -0.1) is 0 Å². The van der Waals surface area contributed by atoms with Crippen LogP contribution < -0.4 is 9.84 Å². The van der Waals surface area contributed by atoms with Gasteiger partial charge in [0.2, 0.25) is 0 Å². The van der Waals surface area contributed by atoms with E-state index in [1.54, 1.807) is 6.07 Å². The van der Waals surface area contributed by atoms with Gasteiger partial charge in [0.15, 0.2) is 5.75 Å². The first-order valence-corrected chi connectivity index (χ1v) is 5.96. The van der Waals surface area contributed by atoms with Crippen LogP contribution in [-0.2, 0) is 4.79 Å². The molecule has 0 saturated carbocycles. The molecule has 0 aromatic heterocycles. The van der Waals surface area contributed by atoms with Gasteiger partial charge in [-0.25, -0.2) is 0 Å². The fraction of sp³-hybridized carbons (Fsp3) is 0.111. The van der Waals surface area contributed by atoms with Gasteiger partial charge in [-0.3, -0.25) is 4.79 Å². The van der Waals surface area contributed by atoms with Gasteiger partial charge in [-0.05, 0) is 57.3 Å². The van der Waals surface area contributed by atoms with E-state index in [0.29, 0.717) is 3.57 Å². The van der Waals surface area contributed by atoms with E-state index >= 15 is 0 Å². The van der Waals surface area contributed by atoms with Gasteiger partial charge in [-0.2, -0.15) is 0 Å².